The number of hydrogen-bond acceptors (Lipinski definition) is 4. The van der Waals surface area contributed by atoms with E-state index in [1.165, 1.54) is 10.5 Å². The van der Waals surface area contributed by atoms with E-state index in [0.29, 0.717) is 12.5 Å². The number of piperazine rings is 1. The van der Waals surface area contributed by atoms with Gasteiger partial charge in [0.05, 0.1) is 26.2 Å². The molecule has 1 amide bonds. The number of hydrogen-bond donors (Lipinski definition) is 2. The lowest BCUT2D eigenvalue weighted by Crippen LogP contribution is -3.19. The number of carbonyl (C=O) groups is 1. The Labute approximate surface area is 161 Å². The Kier molecular flexibility index (Phi) is 6.76. The molecule has 0 bridgehead atoms. The van der Waals surface area contributed by atoms with Gasteiger partial charge in [-0.15, -0.1) is 0 Å². The predicted octanol–water partition coefficient (Wildman–Crippen LogP) is 0.880. The minimum Gasteiger partial charge on any atom is -0.350 e. The summed E-state index contributed by atoms with van der Waals surface area (Å²) >= 11 is 0. The van der Waals surface area contributed by atoms with Crippen molar-refractivity contribution in [3.63, 3.8) is 0 Å². The van der Waals surface area contributed by atoms with Gasteiger partial charge in [-0.25, -0.2) is 9.97 Å². The molecule has 1 aromatic carbocycles. The Morgan fingerprint density at radius 1 is 1.15 bits per heavy atom. The van der Waals surface area contributed by atoms with Gasteiger partial charge in [-0.2, -0.15) is 0 Å². The van der Waals surface area contributed by atoms with Gasteiger partial charge in [0, 0.05) is 24.9 Å². The van der Waals surface area contributed by atoms with Crippen LogP contribution in [0.5, 0.6) is 0 Å². The van der Waals surface area contributed by atoms with Gasteiger partial charge in [0.1, 0.15) is 0 Å². The molecule has 144 valence electrons. The van der Waals surface area contributed by atoms with Gasteiger partial charge >= 0.3 is 0 Å². The van der Waals surface area contributed by atoms with Crippen LogP contribution >= 0.6 is 0 Å². The lowest BCUT2D eigenvalue weighted by Gasteiger charge is -2.34. The van der Waals surface area contributed by atoms with Crippen LogP contribution in [0.3, 0.4) is 0 Å². The summed E-state index contributed by atoms with van der Waals surface area (Å²) in [5.74, 6) is 1.29. The molecular weight excluding hydrogens is 338 g/mol. The zero-order valence-corrected chi connectivity index (χ0v) is 16.3. The van der Waals surface area contributed by atoms with Gasteiger partial charge < -0.3 is 15.1 Å². The second-order valence-electron chi connectivity index (χ2n) is 7.18. The lowest BCUT2D eigenvalue weighted by atomic mass is 9.96. The van der Waals surface area contributed by atoms with E-state index in [9.17, 15) is 4.79 Å². The number of benzene rings is 1. The SMILES string of the molecule is CC[C@H](CNC(=O)[C@@H](C)[NH+]1CCN(c2ncccn2)CC1)c1ccccc1. The number of rotatable bonds is 7. The van der Waals surface area contributed by atoms with Crippen LogP contribution in [0.1, 0.15) is 31.7 Å². The monoisotopic (exact) mass is 368 g/mol. The summed E-state index contributed by atoms with van der Waals surface area (Å²) in [6.07, 6.45) is 4.56. The molecule has 6 heteroatoms. The minimum atomic E-state index is -0.0443. The van der Waals surface area contributed by atoms with Crippen molar-refractivity contribution in [1.29, 1.82) is 0 Å². The number of nitrogens with zero attached hydrogens (tertiary/aromatic N) is 3. The van der Waals surface area contributed by atoms with Crippen LogP contribution in [-0.4, -0.2) is 54.6 Å². The fourth-order valence-electron chi connectivity index (χ4n) is 3.67. The van der Waals surface area contributed by atoms with E-state index >= 15 is 0 Å². The largest absolute Gasteiger partial charge is 0.350 e. The molecule has 27 heavy (non-hydrogen) atoms. The maximum Gasteiger partial charge on any atom is 0.278 e. The van der Waals surface area contributed by atoms with Gasteiger partial charge in [0.25, 0.3) is 5.91 Å². The molecule has 1 aliphatic rings. The highest BCUT2D eigenvalue weighted by atomic mass is 16.2. The maximum atomic E-state index is 12.7. The standard InChI is InChI=1S/C21H29N5O/c1-3-18(19-8-5-4-6-9-19)16-24-20(27)17(2)25-12-14-26(15-13-25)21-22-10-7-11-23-21/h4-11,17-18H,3,12-16H2,1-2H3,(H,24,27)/p+1/t17-,18-/m1/s1. The Balaban J connectivity index is 1.48. The Morgan fingerprint density at radius 3 is 2.44 bits per heavy atom. The maximum absolute atomic E-state index is 12.7. The first-order valence-electron chi connectivity index (χ1n) is 9.88. The third-order valence-corrected chi connectivity index (χ3v) is 5.53. The smallest absolute Gasteiger partial charge is 0.278 e. The molecule has 6 nitrogen and oxygen atoms in total. The third-order valence-electron chi connectivity index (χ3n) is 5.53. The Bertz CT molecular complexity index is 701. The molecule has 1 saturated heterocycles. The van der Waals surface area contributed by atoms with E-state index in [-0.39, 0.29) is 11.9 Å². The van der Waals surface area contributed by atoms with Crippen molar-refractivity contribution in [2.75, 3.05) is 37.6 Å². The van der Waals surface area contributed by atoms with Gasteiger partial charge in [-0.3, -0.25) is 4.79 Å². The summed E-state index contributed by atoms with van der Waals surface area (Å²) in [6.45, 7) is 8.48. The van der Waals surface area contributed by atoms with Gasteiger partial charge in [-0.05, 0) is 25.0 Å². The topological polar surface area (TPSA) is 62.6 Å². The number of quaternary nitrogens is 1. The second-order valence-corrected chi connectivity index (χ2v) is 7.18. The van der Waals surface area contributed by atoms with E-state index < -0.39 is 0 Å². The van der Waals surface area contributed by atoms with Crippen LogP contribution in [0.2, 0.25) is 0 Å². The summed E-state index contributed by atoms with van der Waals surface area (Å²) in [6, 6.07) is 12.2. The predicted molar refractivity (Wildman–Crippen MR) is 107 cm³/mol. The number of nitrogens with one attached hydrogen (secondary N) is 2. The van der Waals surface area contributed by atoms with E-state index in [4.69, 9.17) is 0 Å². The summed E-state index contributed by atoms with van der Waals surface area (Å²) < 4.78 is 0. The number of amides is 1. The molecule has 0 unspecified atom stereocenters. The molecule has 1 aliphatic heterocycles. The third kappa shape index (κ3) is 5.04. The molecule has 3 rings (SSSR count). The Morgan fingerprint density at radius 2 is 1.81 bits per heavy atom. The fraction of sp³-hybridized carbons (Fsp3) is 0.476. The van der Waals surface area contributed by atoms with E-state index in [2.05, 4.69) is 51.4 Å². The van der Waals surface area contributed by atoms with Crippen molar-refractivity contribution in [1.82, 2.24) is 15.3 Å². The molecular formula is C21H30N5O+. The molecule has 1 fully saturated rings. The van der Waals surface area contributed by atoms with Crippen LogP contribution in [0.15, 0.2) is 48.8 Å². The normalized spacial score (nSPS) is 17.3. The van der Waals surface area contributed by atoms with Crippen LogP contribution in [0.4, 0.5) is 5.95 Å². The van der Waals surface area contributed by atoms with Crippen molar-refractivity contribution >= 4 is 11.9 Å². The number of anilines is 1. The van der Waals surface area contributed by atoms with Crippen LogP contribution < -0.4 is 15.1 Å². The summed E-state index contributed by atoms with van der Waals surface area (Å²) in [5.41, 5.74) is 1.29. The molecule has 0 radical (unpaired) electrons. The van der Waals surface area contributed by atoms with Crippen LogP contribution in [-0.2, 0) is 4.79 Å². The first kappa shape index (κ1) is 19.3. The quantitative estimate of drug-likeness (QED) is 0.762. The first-order valence-corrected chi connectivity index (χ1v) is 9.88. The molecule has 1 aromatic heterocycles. The van der Waals surface area contributed by atoms with E-state index in [0.717, 1.165) is 38.5 Å². The summed E-state index contributed by atoms with van der Waals surface area (Å²) in [5, 5.41) is 3.17. The highest BCUT2D eigenvalue weighted by molar-refractivity contribution is 5.80. The second kappa shape index (κ2) is 9.46. The zero-order chi connectivity index (χ0) is 19.1. The van der Waals surface area contributed by atoms with E-state index in [1.807, 2.05) is 19.1 Å². The van der Waals surface area contributed by atoms with Crippen molar-refractivity contribution in [2.45, 2.75) is 32.2 Å². The zero-order valence-electron chi connectivity index (χ0n) is 16.3. The van der Waals surface area contributed by atoms with E-state index in [1.54, 1.807) is 12.4 Å². The first-order chi connectivity index (χ1) is 13.2. The van der Waals surface area contributed by atoms with Crippen molar-refractivity contribution < 1.29 is 9.69 Å². The average molecular weight is 369 g/mol. The summed E-state index contributed by atoms with van der Waals surface area (Å²) in [4.78, 5) is 24.8. The van der Waals surface area contributed by atoms with Crippen LogP contribution in [0, 0.1) is 0 Å². The van der Waals surface area contributed by atoms with Gasteiger partial charge in [0.15, 0.2) is 6.04 Å². The molecule has 0 aliphatic carbocycles. The molecule has 2 aromatic rings. The molecule has 2 N–H and O–H groups in total. The van der Waals surface area contributed by atoms with Crippen LogP contribution in [0.25, 0.3) is 0 Å². The number of aromatic nitrogens is 2. The highest BCUT2D eigenvalue weighted by Gasteiger charge is 2.30. The minimum absolute atomic E-state index is 0.0443. The average Bonchev–Trinajstić information content (AvgIpc) is 2.75. The van der Waals surface area contributed by atoms with Gasteiger partial charge in [-0.1, -0.05) is 37.3 Å². The molecule has 2 atom stereocenters. The van der Waals surface area contributed by atoms with Gasteiger partial charge in [0.2, 0.25) is 5.95 Å². The lowest BCUT2D eigenvalue weighted by molar-refractivity contribution is -0.914. The Hall–Kier alpha value is -2.47. The van der Waals surface area contributed by atoms with Crippen molar-refractivity contribution in [3.05, 3.63) is 54.4 Å². The molecule has 0 spiro atoms. The highest BCUT2D eigenvalue weighted by Crippen LogP contribution is 2.17. The fourth-order valence-corrected chi connectivity index (χ4v) is 3.67. The number of carbonyl (C=O) groups excluding carboxylic acids is 1. The summed E-state index contributed by atoms with van der Waals surface area (Å²) in [7, 11) is 0. The van der Waals surface area contributed by atoms with Crippen molar-refractivity contribution in [2.24, 2.45) is 0 Å². The molecule has 0 saturated carbocycles. The van der Waals surface area contributed by atoms with Crippen molar-refractivity contribution in [3.8, 4) is 0 Å². The molecule has 2 heterocycles.